The molecule has 0 unspecified atom stereocenters. The molecule has 1 N–H and O–H groups in total. The summed E-state index contributed by atoms with van der Waals surface area (Å²) in [6.07, 6.45) is 2.44. The Bertz CT molecular complexity index is 442. The average Bonchev–Trinajstić information content (AvgIpc) is 2.68. The third kappa shape index (κ3) is 4.81. The zero-order chi connectivity index (χ0) is 12.2. The Kier molecular flexibility index (Phi) is 7.03. The molecule has 0 aliphatic carbocycles. The number of hydrogen-bond acceptors (Lipinski definition) is 4. The van der Waals surface area contributed by atoms with E-state index in [-0.39, 0.29) is 41.9 Å². The predicted octanol–water partition coefficient (Wildman–Crippen LogP) is 0.676. The van der Waals surface area contributed by atoms with Gasteiger partial charge in [0.15, 0.2) is 5.76 Å². The number of rotatable bonds is 5. The SMILES string of the molecule is CCCCN(C(=O)c1ccco1)S(=O)(=O)O.[NaH]. The van der Waals surface area contributed by atoms with Gasteiger partial charge in [-0.2, -0.15) is 8.42 Å². The van der Waals surface area contributed by atoms with Gasteiger partial charge in [-0.1, -0.05) is 13.3 Å². The molecule has 6 nitrogen and oxygen atoms in total. The van der Waals surface area contributed by atoms with Gasteiger partial charge in [0, 0.05) is 6.54 Å². The Hall–Kier alpha value is -0.340. The first kappa shape index (κ1) is 16.7. The van der Waals surface area contributed by atoms with Gasteiger partial charge >= 0.3 is 45.8 Å². The summed E-state index contributed by atoms with van der Waals surface area (Å²) in [7, 11) is -4.54. The van der Waals surface area contributed by atoms with Gasteiger partial charge < -0.3 is 4.42 Å². The number of nitrogens with zero attached hydrogens (tertiary/aromatic N) is 1. The number of unbranched alkanes of at least 4 members (excludes halogenated alkanes) is 1. The second kappa shape index (κ2) is 7.17. The summed E-state index contributed by atoms with van der Waals surface area (Å²) < 4.78 is 36.1. The van der Waals surface area contributed by atoms with E-state index in [2.05, 4.69) is 0 Å². The summed E-state index contributed by atoms with van der Waals surface area (Å²) in [5.41, 5.74) is 0. The summed E-state index contributed by atoms with van der Waals surface area (Å²) >= 11 is 0. The molecule has 17 heavy (non-hydrogen) atoms. The molecular weight excluding hydrogens is 257 g/mol. The van der Waals surface area contributed by atoms with E-state index < -0.39 is 16.2 Å². The van der Waals surface area contributed by atoms with Gasteiger partial charge in [0.05, 0.1) is 6.26 Å². The van der Waals surface area contributed by atoms with E-state index in [9.17, 15) is 13.2 Å². The molecule has 0 aliphatic rings. The van der Waals surface area contributed by atoms with Crippen molar-refractivity contribution in [2.75, 3.05) is 6.54 Å². The van der Waals surface area contributed by atoms with Crippen molar-refractivity contribution < 1.29 is 22.2 Å². The zero-order valence-corrected chi connectivity index (χ0v) is 9.61. The van der Waals surface area contributed by atoms with Crippen molar-refractivity contribution in [2.45, 2.75) is 19.8 Å². The second-order valence-corrected chi connectivity index (χ2v) is 4.52. The van der Waals surface area contributed by atoms with Crippen molar-refractivity contribution in [3.63, 3.8) is 0 Å². The van der Waals surface area contributed by atoms with Crippen LogP contribution in [0.5, 0.6) is 0 Å². The summed E-state index contributed by atoms with van der Waals surface area (Å²) in [6.45, 7) is 1.79. The third-order valence-corrected chi connectivity index (χ3v) is 2.86. The number of carbonyl (C=O) groups excluding carboxylic acids is 1. The van der Waals surface area contributed by atoms with Crippen molar-refractivity contribution >= 4 is 45.8 Å². The summed E-state index contributed by atoms with van der Waals surface area (Å²) in [5.74, 6) is -0.977. The van der Waals surface area contributed by atoms with Gasteiger partial charge in [-0.25, -0.2) is 4.31 Å². The monoisotopic (exact) mass is 271 g/mol. The molecule has 0 aromatic carbocycles. The Morgan fingerprint density at radius 1 is 1.53 bits per heavy atom. The first-order valence-corrected chi connectivity index (χ1v) is 6.19. The molecular formula is C9H14NNaO5S. The van der Waals surface area contributed by atoms with Crippen molar-refractivity contribution in [1.29, 1.82) is 0 Å². The van der Waals surface area contributed by atoms with Gasteiger partial charge in [-0.15, -0.1) is 0 Å². The van der Waals surface area contributed by atoms with Crippen LogP contribution in [0.2, 0.25) is 0 Å². The van der Waals surface area contributed by atoms with Gasteiger partial charge in [-0.3, -0.25) is 9.35 Å². The molecule has 8 heteroatoms. The van der Waals surface area contributed by atoms with Crippen molar-refractivity contribution in [1.82, 2.24) is 4.31 Å². The molecule has 0 saturated heterocycles. The van der Waals surface area contributed by atoms with Crippen LogP contribution in [-0.4, -0.2) is 59.3 Å². The van der Waals surface area contributed by atoms with E-state index in [1.54, 1.807) is 0 Å². The van der Waals surface area contributed by atoms with Crippen LogP contribution in [-0.2, 0) is 10.3 Å². The molecule has 92 valence electrons. The minimum atomic E-state index is -4.54. The Morgan fingerprint density at radius 2 is 2.18 bits per heavy atom. The maximum atomic E-state index is 11.7. The fourth-order valence-electron chi connectivity index (χ4n) is 1.15. The van der Waals surface area contributed by atoms with Gasteiger partial charge in [-0.05, 0) is 18.6 Å². The fourth-order valence-corrected chi connectivity index (χ4v) is 1.81. The summed E-state index contributed by atoms with van der Waals surface area (Å²) in [5, 5.41) is 0. The predicted molar refractivity (Wildman–Crippen MR) is 63.4 cm³/mol. The molecule has 0 fully saturated rings. The van der Waals surface area contributed by atoms with Crippen LogP contribution in [0.3, 0.4) is 0 Å². The van der Waals surface area contributed by atoms with Crippen molar-refractivity contribution in [3.05, 3.63) is 24.2 Å². The van der Waals surface area contributed by atoms with Crippen LogP contribution in [0, 0.1) is 0 Å². The Balaban J connectivity index is 0.00000256. The molecule has 1 heterocycles. The quantitative estimate of drug-likeness (QED) is 0.628. The molecule has 0 radical (unpaired) electrons. The number of amides is 1. The molecule has 1 aromatic heterocycles. The van der Waals surface area contributed by atoms with E-state index in [0.717, 1.165) is 0 Å². The molecule has 1 amide bonds. The Labute approximate surface area is 122 Å². The van der Waals surface area contributed by atoms with Gasteiger partial charge in [0.2, 0.25) is 0 Å². The van der Waals surface area contributed by atoms with E-state index in [1.807, 2.05) is 6.92 Å². The third-order valence-electron chi connectivity index (χ3n) is 1.95. The van der Waals surface area contributed by atoms with Crippen LogP contribution in [0.25, 0.3) is 0 Å². The van der Waals surface area contributed by atoms with Crippen LogP contribution >= 0.6 is 0 Å². The van der Waals surface area contributed by atoms with E-state index in [1.165, 1.54) is 18.4 Å². The van der Waals surface area contributed by atoms with E-state index >= 15 is 0 Å². The van der Waals surface area contributed by atoms with Crippen LogP contribution in [0.4, 0.5) is 0 Å². The summed E-state index contributed by atoms with van der Waals surface area (Å²) in [6, 6.07) is 2.81. The minimum absolute atomic E-state index is 0. The van der Waals surface area contributed by atoms with Crippen molar-refractivity contribution in [3.8, 4) is 0 Å². The van der Waals surface area contributed by atoms with Crippen LogP contribution in [0.1, 0.15) is 30.3 Å². The Morgan fingerprint density at radius 3 is 2.59 bits per heavy atom. The number of furan rings is 1. The van der Waals surface area contributed by atoms with Gasteiger partial charge in [0.25, 0.3) is 0 Å². The topological polar surface area (TPSA) is 87.8 Å². The normalized spacial score (nSPS) is 10.7. The second-order valence-electron chi connectivity index (χ2n) is 3.19. The van der Waals surface area contributed by atoms with Crippen molar-refractivity contribution in [2.24, 2.45) is 0 Å². The molecule has 1 aromatic rings. The fraction of sp³-hybridized carbons (Fsp3) is 0.444. The molecule has 1 rings (SSSR count). The van der Waals surface area contributed by atoms with Crippen LogP contribution in [0.15, 0.2) is 22.8 Å². The standard InChI is InChI=1S/C9H13NO5S.Na.H/c1-2-3-6-10(16(12,13)14)9(11)8-5-4-7-15-8;;/h4-5,7H,2-3,6H2,1H3,(H,12,13,14);;. The summed E-state index contributed by atoms with van der Waals surface area (Å²) in [4.78, 5) is 11.7. The molecule has 0 atom stereocenters. The maximum absolute atomic E-state index is 11.7. The first-order chi connectivity index (χ1) is 7.46. The zero-order valence-electron chi connectivity index (χ0n) is 8.79. The molecule has 0 saturated carbocycles. The number of carbonyl (C=O) groups is 1. The average molecular weight is 271 g/mol. The molecule has 0 spiro atoms. The van der Waals surface area contributed by atoms with Gasteiger partial charge in [0.1, 0.15) is 0 Å². The molecule has 0 bridgehead atoms. The molecule has 0 aliphatic heterocycles. The number of hydrogen-bond donors (Lipinski definition) is 1. The van der Waals surface area contributed by atoms with Crippen LogP contribution < -0.4 is 0 Å². The van der Waals surface area contributed by atoms with E-state index in [4.69, 9.17) is 8.97 Å². The first-order valence-electron chi connectivity index (χ1n) is 4.79. The van der Waals surface area contributed by atoms with E-state index in [0.29, 0.717) is 17.1 Å².